The zero-order valence-corrected chi connectivity index (χ0v) is 15.0. The van der Waals surface area contributed by atoms with Crippen LogP contribution < -0.4 is 5.32 Å². The lowest BCUT2D eigenvalue weighted by atomic mass is 9.76. The Morgan fingerprint density at radius 3 is 2.43 bits per heavy atom. The zero-order valence-electron chi connectivity index (χ0n) is 14.2. The van der Waals surface area contributed by atoms with Crippen molar-refractivity contribution in [3.8, 4) is 0 Å². The second-order valence-electron chi connectivity index (χ2n) is 6.74. The highest BCUT2D eigenvalue weighted by molar-refractivity contribution is 7.11. The van der Waals surface area contributed by atoms with Crippen molar-refractivity contribution in [2.24, 2.45) is 11.8 Å². The minimum atomic E-state index is 0.681. The topological polar surface area (TPSA) is 12.0 Å². The van der Waals surface area contributed by atoms with Gasteiger partial charge in [0.15, 0.2) is 0 Å². The van der Waals surface area contributed by atoms with E-state index in [0.717, 1.165) is 11.8 Å². The molecule has 1 aromatic rings. The van der Waals surface area contributed by atoms with Gasteiger partial charge in [0.05, 0.1) is 0 Å². The molecular weight excluding hydrogens is 274 g/mol. The van der Waals surface area contributed by atoms with Crippen LogP contribution in [-0.2, 0) is 12.8 Å². The van der Waals surface area contributed by atoms with Crippen LogP contribution in [0.2, 0.25) is 0 Å². The summed E-state index contributed by atoms with van der Waals surface area (Å²) in [6.45, 7) is 4.57. The van der Waals surface area contributed by atoms with E-state index in [-0.39, 0.29) is 0 Å². The predicted molar refractivity (Wildman–Crippen MR) is 95.2 cm³/mol. The molecule has 1 aliphatic rings. The van der Waals surface area contributed by atoms with Gasteiger partial charge in [-0.3, -0.25) is 0 Å². The van der Waals surface area contributed by atoms with Gasteiger partial charge in [0.1, 0.15) is 0 Å². The third-order valence-electron chi connectivity index (χ3n) is 5.28. The molecule has 1 nitrogen and oxygen atoms in total. The molecule has 0 amide bonds. The molecule has 1 unspecified atom stereocenters. The van der Waals surface area contributed by atoms with Crippen LogP contribution in [-0.4, -0.2) is 13.1 Å². The smallest absolute Gasteiger partial charge is 0.0141 e. The van der Waals surface area contributed by atoms with E-state index >= 15 is 0 Å². The molecule has 0 spiro atoms. The summed E-state index contributed by atoms with van der Waals surface area (Å²) in [7, 11) is 2.15. The van der Waals surface area contributed by atoms with Gasteiger partial charge in [0, 0.05) is 15.8 Å². The Morgan fingerprint density at radius 1 is 1.14 bits per heavy atom. The van der Waals surface area contributed by atoms with Crippen LogP contribution in [0.25, 0.3) is 0 Å². The monoisotopic (exact) mass is 307 g/mol. The summed E-state index contributed by atoms with van der Waals surface area (Å²) in [4.78, 5) is 3.10. The van der Waals surface area contributed by atoms with Crippen molar-refractivity contribution in [3.05, 3.63) is 21.9 Å². The lowest BCUT2D eigenvalue weighted by Gasteiger charge is -2.33. The van der Waals surface area contributed by atoms with Gasteiger partial charge in [-0.05, 0) is 56.7 Å². The van der Waals surface area contributed by atoms with E-state index in [1.807, 2.05) is 11.3 Å². The van der Waals surface area contributed by atoms with Crippen molar-refractivity contribution in [1.29, 1.82) is 0 Å². The SMILES string of the molecule is CCCCC1CCC(C(Cc2ccc(CC)s2)NC)CC1. The van der Waals surface area contributed by atoms with Crippen molar-refractivity contribution < 1.29 is 0 Å². The molecule has 1 heterocycles. The van der Waals surface area contributed by atoms with Crippen LogP contribution in [0.1, 0.15) is 68.5 Å². The quantitative estimate of drug-likeness (QED) is 0.674. The largest absolute Gasteiger partial charge is 0.316 e. The van der Waals surface area contributed by atoms with E-state index in [4.69, 9.17) is 0 Å². The van der Waals surface area contributed by atoms with Gasteiger partial charge < -0.3 is 5.32 Å². The normalized spacial score (nSPS) is 24.1. The fraction of sp³-hybridized carbons (Fsp3) is 0.789. The summed E-state index contributed by atoms with van der Waals surface area (Å²) in [6, 6.07) is 5.34. The van der Waals surface area contributed by atoms with Crippen molar-refractivity contribution >= 4 is 11.3 Å². The van der Waals surface area contributed by atoms with Crippen molar-refractivity contribution in [2.75, 3.05) is 7.05 Å². The number of likely N-dealkylation sites (N-methyl/N-ethyl adjacent to an activating group) is 1. The van der Waals surface area contributed by atoms with Crippen LogP contribution in [0.15, 0.2) is 12.1 Å². The number of hydrogen-bond donors (Lipinski definition) is 1. The predicted octanol–water partition coefficient (Wildman–Crippen LogP) is 5.44. The minimum Gasteiger partial charge on any atom is -0.316 e. The van der Waals surface area contributed by atoms with E-state index < -0.39 is 0 Å². The molecule has 0 aromatic carbocycles. The van der Waals surface area contributed by atoms with E-state index in [9.17, 15) is 0 Å². The first-order valence-electron chi connectivity index (χ1n) is 9.01. The number of rotatable bonds is 8. The number of aryl methyl sites for hydroxylation is 1. The Bertz CT molecular complexity index is 390. The molecule has 1 saturated carbocycles. The molecule has 21 heavy (non-hydrogen) atoms. The molecular formula is C19H33NS. The second kappa shape index (κ2) is 8.95. The molecule has 1 aromatic heterocycles. The highest BCUT2D eigenvalue weighted by Crippen LogP contribution is 2.34. The molecule has 0 saturated heterocycles. The Morgan fingerprint density at radius 2 is 1.86 bits per heavy atom. The molecule has 2 rings (SSSR count). The first kappa shape index (κ1) is 17.0. The van der Waals surface area contributed by atoms with Crippen LogP contribution in [0.5, 0.6) is 0 Å². The van der Waals surface area contributed by atoms with Crippen LogP contribution >= 0.6 is 11.3 Å². The molecule has 0 radical (unpaired) electrons. The highest BCUT2D eigenvalue weighted by Gasteiger charge is 2.26. The maximum Gasteiger partial charge on any atom is 0.0141 e. The van der Waals surface area contributed by atoms with Gasteiger partial charge in [-0.2, -0.15) is 0 Å². The third-order valence-corrected chi connectivity index (χ3v) is 6.54. The summed E-state index contributed by atoms with van der Waals surface area (Å²) >= 11 is 2.01. The van der Waals surface area contributed by atoms with E-state index in [1.165, 1.54) is 62.7 Å². The number of nitrogens with one attached hydrogen (secondary N) is 1. The Balaban J connectivity index is 1.81. The fourth-order valence-electron chi connectivity index (χ4n) is 3.82. The van der Waals surface area contributed by atoms with E-state index in [2.05, 4.69) is 38.3 Å². The zero-order chi connectivity index (χ0) is 15.1. The van der Waals surface area contributed by atoms with Crippen molar-refractivity contribution in [1.82, 2.24) is 5.32 Å². The van der Waals surface area contributed by atoms with Crippen molar-refractivity contribution in [3.63, 3.8) is 0 Å². The highest BCUT2D eigenvalue weighted by atomic mass is 32.1. The minimum absolute atomic E-state index is 0.681. The van der Waals surface area contributed by atoms with Gasteiger partial charge >= 0.3 is 0 Å². The van der Waals surface area contributed by atoms with Gasteiger partial charge in [0.2, 0.25) is 0 Å². The van der Waals surface area contributed by atoms with Crippen LogP contribution in [0.4, 0.5) is 0 Å². The van der Waals surface area contributed by atoms with Gasteiger partial charge in [-0.15, -0.1) is 11.3 Å². The van der Waals surface area contributed by atoms with Gasteiger partial charge in [-0.25, -0.2) is 0 Å². The number of unbranched alkanes of at least 4 members (excludes halogenated alkanes) is 1. The number of thiophene rings is 1. The lowest BCUT2D eigenvalue weighted by molar-refractivity contribution is 0.216. The molecule has 0 bridgehead atoms. The summed E-state index contributed by atoms with van der Waals surface area (Å²) in [5, 5.41) is 3.61. The molecule has 120 valence electrons. The maximum atomic E-state index is 3.61. The average molecular weight is 308 g/mol. The molecule has 1 atom stereocenters. The third kappa shape index (κ3) is 5.10. The summed E-state index contributed by atoms with van der Waals surface area (Å²) < 4.78 is 0. The van der Waals surface area contributed by atoms with E-state index in [1.54, 1.807) is 4.88 Å². The first-order chi connectivity index (χ1) is 10.3. The summed E-state index contributed by atoms with van der Waals surface area (Å²) in [5.41, 5.74) is 0. The molecule has 1 aliphatic carbocycles. The standard InChI is InChI=1S/C19H33NS/c1-4-6-7-15-8-10-16(11-9-15)19(20-3)14-18-13-12-17(5-2)21-18/h12-13,15-16,19-20H,4-11,14H2,1-3H3. The Hall–Kier alpha value is -0.340. The van der Waals surface area contributed by atoms with Gasteiger partial charge in [0.25, 0.3) is 0 Å². The Kier molecular flexibility index (Phi) is 7.25. The molecule has 1 fully saturated rings. The Labute approximate surface area is 135 Å². The van der Waals surface area contributed by atoms with Crippen LogP contribution in [0.3, 0.4) is 0 Å². The first-order valence-corrected chi connectivity index (χ1v) is 9.83. The van der Waals surface area contributed by atoms with Crippen LogP contribution in [0, 0.1) is 11.8 Å². The molecule has 2 heteroatoms. The lowest BCUT2D eigenvalue weighted by Crippen LogP contribution is -2.37. The average Bonchev–Trinajstić information content (AvgIpc) is 2.99. The summed E-state index contributed by atoms with van der Waals surface area (Å²) in [6.07, 6.45) is 12.5. The molecule has 0 aliphatic heterocycles. The number of hydrogen-bond acceptors (Lipinski definition) is 2. The fourth-order valence-corrected chi connectivity index (χ4v) is 4.83. The second-order valence-corrected chi connectivity index (χ2v) is 8.00. The molecule has 1 N–H and O–H groups in total. The summed E-state index contributed by atoms with van der Waals surface area (Å²) in [5.74, 6) is 1.91. The van der Waals surface area contributed by atoms with E-state index in [0.29, 0.717) is 6.04 Å². The maximum absolute atomic E-state index is 3.61. The van der Waals surface area contributed by atoms with Crippen molar-refractivity contribution in [2.45, 2.75) is 77.7 Å². The van der Waals surface area contributed by atoms with Gasteiger partial charge in [-0.1, -0.05) is 46.0 Å².